The summed E-state index contributed by atoms with van der Waals surface area (Å²) in [5.41, 5.74) is 0. The zero-order valence-electron chi connectivity index (χ0n) is 9.97. The average Bonchev–Trinajstić information content (AvgIpc) is 2.88. The molecule has 1 amide bonds. The van der Waals surface area contributed by atoms with Gasteiger partial charge < -0.3 is 9.84 Å². The van der Waals surface area contributed by atoms with Crippen LogP contribution < -0.4 is 5.32 Å². The number of nitrogens with one attached hydrogen (secondary N) is 1. The highest BCUT2D eigenvalue weighted by Crippen LogP contribution is 2.22. The van der Waals surface area contributed by atoms with Gasteiger partial charge in [-0.15, -0.1) is 10.2 Å². The normalized spacial score (nSPS) is 10.6. The van der Waals surface area contributed by atoms with Gasteiger partial charge in [-0.25, -0.2) is 0 Å². The topological polar surface area (TPSA) is 80.9 Å². The van der Waals surface area contributed by atoms with Crippen LogP contribution >= 0.6 is 23.1 Å². The summed E-state index contributed by atoms with van der Waals surface area (Å²) in [4.78, 5) is 11.6. The molecule has 0 fully saturated rings. The van der Waals surface area contributed by atoms with Crippen molar-refractivity contribution in [1.82, 2.24) is 15.4 Å². The fraction of sp³-hybridized carbons (Fsp3) is 0.400. The van der Waals surface area contributed by atoms with Crippen LogP contribution in [-0.2, 0) is 4.79 Å². The summed E-state index contributed by atoms with van der Waals surface area (Å²) in [5.74, 6) is 1.70. The van der Waals surface area contributed by atoms with E-state index in [-0.39, 0.29) is 5.91 Å². The molecule has 0 aliphatic rings. The fourth-order valence-electron chi connectivity index (χ4n) is 1.20. The minimum atomic E-state index is -0.0861. The molecule has 0 atom stereocenters. The van der Waals surface area contributed by atoms with Crippen molar-refractivity contribution in [3.05, 3.63) is 16.8 Å². The van der Waals surface area contributed by atoms with Crippen LogP contribution in [0.4, 0.5) is 5.82 Å². The first-order chi connectivity index (χ1) is 8.63. The lowest BCUT2D eigenvalue weighted by Gasteiger charge is -1.99. The van der Waals surface area contributed by atoms with Crippen molar-refractivity contribution < 1.29 is 9.32 Å². The number of carbonyl (C=O) groups excluding carboxylic acids is 1. The van der Waals surface area contributed by atoms with E-state index in [9.17, 15) is 4.79 Å². The minimum absolute atomic E-state index is 0.0861. The Morgan fingerprint density at radius 2 is 2.33 bits per heavy atom. The molecular weight excluding hydrogens is 272 g/mol. The Morgan fingerprint density at radius 3 is 2.94 bits per heavy atom. The summed E-state index contributed by atoms with van der Waals surface area (Å²) in [6.45, 7) is 3.68. The zero-order valence-corrected chi connectivity index (χ0v) is 11.6. The van der Waals surface area contributed by atoms with Crippen LogP contribution in [0.15, 0.2) is 14.9 Å². The van der Waals surface area contributed by atoms with Gasteiger partial charge in [0.1, 0.15) is 10.8 Å². The molecule has 18 heavy (non-hydrogen) atoms. The molecule has 0 unspecified atom stereocenters. The van der Waals surface area contributed by atoms with E-state index < -0.39 is 0 Å². The molecule has 0 aliphatic heterocycles. The largest absolute Gasteiger partial charge is 0.360 e. The molecule has 96 valence electrons. The number of nitrogens with zero attached hydrogens (tertiary/aromatic N) is 3. The summed E-state index contributed by atoms with van der Waals surface area (Å²) in [6, 6.07) is 1.68. The molecule has 8 heteroatoms. The van der Waals surface area contributed by atoms with Gasteiger partial charge in [0.25, 0.3) is 0 Å². The summed E-state index contributed by atoms with van der Waals surface area (Å²) in [7, 11) is 0. The van der Waals surface area contributed by atoms with E-state index >= 15 is 0 Å². The molecule has 0 radical (unpaired) electrons. The molecule has 2 aromatic heterocycles. The van der Waals surface area contributed by atoms with Crippen LogP contribution in [0, 0.1) is 13.8 Å². The predicted octanol–water partition coefficient (Wildman–Crippen LogP) is 2.26. The predicted molar refractivity (Wildman–Crippen MR) is 69.9 cm³/mol. The second kappa shape index (κ2) is 5.96. The molecule has 0 aromatic carbocycles. The molecule has 0 spiro atoms. The number of anilines is 1. The SMILES string of the molecule is Cc1cc(NC(=O)CCSc2nnc(C)s2)no1. The average molecular weight is 284 g/mol. The van der Waals surface area contributed by atoms with Crippen LogP contribution in [0.3, 0.4) is 0 Å². The first-order valence-electron chi connectivity index (χ1n) is 5.29. The lowest BCUT2D eigenvalue weighted by atomic mass is 10.4. The number of thioether (sulfide) groups is 1. The maximum absolute atomic E-state index is 11.6. The number of hydrogen-bond donors (Lipinski definition) is 1. The number of aryl methyl sites for hydroxylation is 2. The van der Waals surface area contributed by atoms with Crippen LogP contribution in [0.2, 0.25) is 0 Å². The Bertz CT molecular complexity index is 537. The smallest absolute Gasteiger partial charge is 0.226 e. The Hall–Kier alpha value is -1.41. The quantitative estimate of drug-likeness (QED) is 0.848. The van der Waals surface area contributed by atoms with Crippen LogP contribution in [-0.4, -0.2) is 27.0 Å². The first-order valence-corrected chi connectivity index (χ1v) is 7.10. The molecule has 1 N–H and O–H groups in total. The molecule has 0 saturated heterocycles. The third-order valence-corrected chi connectivity index (χ3v) is 3.93. The van der Waals surface area contributed by atoms with Crippen molar-refractivity contribution in [2.45, 2.75) is 24.6 Å². The third kappa shape index (κ3) is 3.81. The van der Waals surface area contributed by atoms with E-state index in [1.165, 1.54) is 23.1 Å². The van der Waals surface area contributed by atoms with Gasteiger partial charge in [-0.2, -0.15) is 0 Å². The van der Waals surface area contributed by atoms with Crippen LogP contribution in [0.25, 0.3) is 0 Å². The molecule has 2 aromatic rings. The Morgan fingerprint density at radius 1 is 1.50 bits per heavy atom. The van der Waals surface area contributed by atoms with Gasteiger partial charge in [-0.3, -0.25) is 4.79 Å². The number of rotatable bonds is 5. The van der Waals surface area contributed by atoms with Crippen molar-refractivity contribution >= 4 is 34.8 Å². The number of hydrogen-bond acceptors (Lipinski definition) is 7. The zero-order chi connectivity index (χ0) is 13.0. The van der Waals surface area contributed by atoms with E-state index in [0.29, 0.717) is 23.8 Å². The first kappa shape index (κ1) is 13.0. The summed E-state index contributed by atoms with van der Waals surface area (Å²) in [5, 5.41) is 15.2. The van der Waals surface area contributed by atoms with E-state index in [2.05, 4.69) is 20.7 Å². The standard InChI is InChI=1S/C10H12N4O2S2/c1-6-5-8(14-16-6)11-9(15)3-4-17-10-13-12-7(2)18-10/h5H,3-4H2,1-2H3,(H,11,14,15). The maximum Gasteiger partial charge on any atom is 0.226 e. The lowest BCUT2D eigenvalue weighted by molar-refractivity contribution is -0.115. The number of carbonyl (C=O) groups is 1. The Balaban J connectivity index is 1.72. The van der Waals surface area contributed by atoms with Crippen LogP contribution in [0.1, 0.15) is 17.2 Å². The Kier molecular flexibility index (Phi) is 4.32. The van der Waals surface area contributed by atoms with Crippen molar-refractivity contribution in [1.29, 1.82) is 0 Å². The van der Waals surface area contributed by atoms with Gasteiger partial charge >= 0.3 is 0 Å². The van der Waals surface area contributed by atoms with E-state index in [4.69, 9.17) is 4.52 Å². The van der Waals surface area contributed by atoms with Crippen molar-refractivity contribution in [2.24, 2.45) is 0 Å². The van der Waals surface area contributed by atoms with E-state index in [1.54, 1.807) is 13.0 Å². The molecule has 2 heterocycles. The van der Waals surface area contributed by atoms with Crippen molar-refractivity contribution in [2.75, 3.05) is 11.1 Å². The molecule has 6 nitrogen and oxygen atoms in total. The second-order valence-corrected chi connectivity index (χ2v) is 6.08. The highest BCUT2D eigenvalue weighted by Gasteiger charge is 2.07. The summed E-state index contributed by atoms with van der Waals surface area (Å²) >= 11 is 3.05. The van der Waals surface area contributed by atoms with Gasteiger partial charge in [-0.1, -0.05) is 28.3 Å². The van der Waals surface area contributed by atoms with Gasteiger partial charge in [-0.05, 0) is 13.8 Å². The maximum atomic E-state index is 11.6. The molecule has 0 bridgehead atoms. The lowest BCUT2D eigenvalue weighted by Crippen LogP contribution is -2.12. The van der Waals surface area contributed by atoms with Crippen LogP contribution in [0.5, 0.6) is 0 Å². The Labute approximate surface area is 112 Å². The highest BCUT2D eigenvalue weighted by atomic mass is 32.2. The van der Waals surface area contributed by atoms with Gasteiger partial charge in [0, 0.05) is 18.2 Å². The second-order valence-electron chi connectivity index (χ2n) is 3.56. The third-order valence-electron chi connectivity index (χ3n) is 1.96. The molecule has 0 saturated carbocycles. The minimum Gasteiger partial charge on any atom is -0.360 e. The van der Waals surface area contributed by atoms with Gasteiger partial charge in [0.15, 0.2) is 10.2 Å². The molecule has 0 aliphatic carbocycles. The van der Waals surface area contributed by atoms with Crippen molar-refractivity contribution in [3.63, 3.8) is 0 Å². The molecular formula is C10H12N4O2S2. The highest BCUT2D eigenvalue weighted by molar-refractivity contribution is 8.01. The summed E-state index contributed by atoms with van der Waals surface area (Å²) in [6.07, 6.45) is 0.398. The van der Waals surface area contributed by atoms with Crippen molar-refractivity contribution in [3.8, 4) is 0 Å². The van der Waals surface area contributed by atoms with Gasteiger partial charge in [0.2, 0.25) is 5.91 Å². The number of amides is 1. The fourth-order valence-corrected chi connectivity index (χ4v) is 3.02. The van der Waals surface area contributed by atoms with Gasteiger partial charge in [0.05, 0.1) is 0 Å². The summed E-state index contributed by atoms with van der Waals surface area (Å²) < 4.78 is 5.74. The van der Waals surface area contributed by atoms with E-state index in [1.807, 2.05) is 6.92 Å². The monoisotopic (exact) mass is 284 g/mol. The molecule has 2 rings (SSSR count). The van der Waals surface area contributed by atoms with E-state index in [0.717, 1.165) is 9.35 Å². The number of aromatic nitrogens is 3.